The van der Waals surface area contributed by atoms with E-state index in [0.717, 1.165) is 5.56 Å². The van der Waals surface area contributed by atoms with Gasteiger partial charge in [-0.3, -0.25) is 4.57 Å². The minimum Gasteiger partial charge on any atom is -0.309 e. The van der Waals surface area contributed by atoms with Crippen molar-refractivity contribution in [3.05, 3.63) is 35.4 Å². The number of rotatable bonds is 7. The maximum absolute atomic E-state index is 13.2. The molecule has 114 valence electrons. The van der Waals surface area contributed by atoms with Gasteiger partial charge in [0, 0.05) is 0 Å². The standard InChI is InChI=1S/C15H27O3PSi/c1-7-17-19(16,18-8-2)15(20(4,5)6)14-11-9-13(3)10-12-14/h9-12,15H,7-8H2,1-6H3. The van der Waals surface area contributed by atoms with Gasteiger partial charge in [-0.05, 0) is 26.3 Å². The molecule has 1 atom stereocenters. The van der Waals surface area contributed by atoms with Gasteiger partial charge in [-0.15, -0.1) is 0 Å². The van der Waals surface area contributed by atoms with E-state index >= 15 is 0 Å². The van der Waals surface area contributed by atoms with Crippen LogP contribution in [0, 0.1) is 6.92 Å². The fourth-order valence-electron chi connectivity index (χ4n) is 2.45. The molecule has 1 unspecified atom stereocenters. The first-order valence-corrected chi connectivity index (χ1v) is 12.4. The van der Waals surface area contributed by atoms with Gasteiger partial charge >= 0.3 is 7.60 Å². The molecular formula is C15H27O3PSi. The molecule has 20 heavy (non-hydrogen) atoms. The minimum absolute atomic E-state index is 0.129. The van der Waals surface area contributed by atoms with Gasteiger partial charge in [0.25, 0.3) is 0 Å². The molecule has 0 fully saturated rings. The van der Waals surface area contributed by atoms with E-state index in [9.17, 15) is 4.57 Å². The molecule has 1 rings (SSSR count). The molecule has 0 aliphatic carbocycles. The maximum Gasteiger partial charge on any atom is 0.335 e. The van der Waals surface area contributed by atoms with Crippen LogP contribution in [0.15, 0.2) is 24.3 Å². The second-order valence-electron chi connectivity index (χ2n) is 6.05. The third kappa shape index (κ3) is 4.29. The summed E-state index contributed by atoms with van der Waals surface area (Å²) >= 11 is 0. The summed E-state index contributed by atoms with van der Waals surface area (Å²) in [6, 6.07) is 8.24. The number of aryl methyl sites for hydroxylation is 1. The van der Waals surface area contributed by atoms with Crippen molar-refractivity contribution in [2.24, 2.45) is 0 Å². The second-order valence-corrected chi connectivity index (χ2v) is 14.0. The summed E-state index contributed by atoms with van der Waals surface area (Å²) in [6.45, 7) is 13.2. The van der Waals surface area contributed by atoms with Gasteiger partial charge in [0.1, 0.15) is 0 Å². The number of hydrogen-bond acceptors (Lipinski definition) is 3. The molecule has 0 heterocycles. The maximum atomic E-state index is 13.2. The van der Waals surface area contributed by atoms with Crippen LogP contribution in [0.2, 0.25) is 19.6 Å². The molecule has 0 aromatic heterocycles. The molecule has 5 heteroatoms. The van der Waals surface area contributed by atoms with E-state index in [1.807, 2.05) is 13.8 Å². The van der Waals surface area contributed by atoms with Gasteiger partial charge in [0.05, 0.1) is 26.6 Å². The molecule has 1 aromatic carbocycles. The van der Waals surface area contributed by atoms with Gasteiger partial charge < -0.3 is 9.05 Å². The third-order valence-corrected chi connectivity index (χ3v) is 10.6. The van der Waals surface area contributed by atoms with Gasteiger partial charge in [0.15, 0.2) is 0 Å². The quantitative estimate of drug-likeness (QED) is 0.514. The molecule has 0 aliphatic rings. The Morgan fingerprint density at radius 2 is 1.50 bits per heavy atom. The molecule has 0 spiro atoms. The Morgan fingerprint density at radius 1 is 1.05 bits per heavy atom. The fraction of sp³-hybridized carbons (Fsp3) is 0.600. The van der Waals surface area contributed by atoms with Crippen molar-refractivity contribution >= 4 is 15.7 Å². The van der Waals surface area contributed by atoms with Crippen molar-refractivity contribution in [1.82, 2.24) is 0 Å². The highest BCUT2D eigenvalue weighted by Gasteiger charge is 2.45. The minimum atomic E-state index is -3.13. The number of hydrogen-bond donors (Lipinski definition) is 0. The Morgan fingerprint density at radius 3 is 1.85 bits per heavy atom. The highest BCUT2D eigenvalue weighted by Crippen LogP contribution is 2.64. The average molecular weight is 314 g/mol. The Bertz CT molecular complexity index is 455. The van der Waals surface area contributed by atoms with E-state index in [1.165, 1.54) is 5.56 Å². The van der Waals surface area contributed by atoms with Crippen molar-refractivity contribution in [3.63, 3.8) is 0 Å². The van der Waals surface area contributed by atoms with E-state index in [4.69, 9.17) is 9.05 Å². The van der Waals surface area contributed by atoms with Gasteiger partial charge in [-0.2, -0.15) is 0 Å². The van der Waals surface area contributed by atoms with Gasteiger partial charge in [-0.1, -0.05) is 49.5 Å². The van der Waals surface area contributed by atoms with Crippen molar-refractivity contribution in [2.45, 2.75) is 45.7 Å². The Kier molecular flexibility index (Phi) is 6.20. The summed E-state index contributed by atoms with van der Waals surface area (Å²) in [4.78, 5) is 0. The monoisotopic (exact) mass is 314 g/mol. The van der Waals surface area contributed by atoms with Crippen LogP contribution in [0.1, 0.15) is 30.3 Å². The van der Waals surface area contributed by atoms with Gasteiger partial charge in [0.2, 0.25) is 0 Å². The van der Waals surface area contributed by atoms with E-state index in [2.05, 4.69) is 50.8 Å². The molecular weight excluding hydrogens is 287 g/mol. The van der Waals surface area contributed by atoms with Crippen LogP contribution in [-0.2, 0) is 13.6 Å². The zero-order valence-electron chi connectivity index (χ0n) is 13.5. The molecule has 0 aliphatic heterocycles. The highest BCUT2D eigenvalue weighted by molar-refractivity contribution is 7.57. The summed E-state index contributed by atoms with van der Waals surface area (Å²) in [5.74, 6) is 0. The van der Waals surface area contributed by atoms with E-state index in [1.54, 1.807) is 0 Å². The van der Waals surface area contributed by atoms with Crippen LogP contribution in [0.25, 0.3) is 0 Å². The Labute approximate surface area is 124 Å². The van der Waals surface area contributed by atoms with Crippen molar-refractivity contribution in [2.75, 3.05) is 13.2 Å². The topological polar surface area (TPSA) is 35.5 Å². The Balaban J connectivity index is 3.30. The van der Waals surface area contributed by atoms with Crippen LogP contribution in [0.4, 0.5) is 0 Å². The predicted octanol–water partition coefficient (Wildman–Crippen LogP) is 5.18. The highest BCUT2D eigenvalue weighted by atomic mass is 31.2. The normalized spacial score (nSPS) is 14.3. The lowest BCUT2D eigenvalue weighted by molar-refractivity contribution is 0.217. The summed E-state index contributed by atoms with van der Waals surface area (Å²) < 4.78 is 24.5. The first kappa shape index (κ1) is 17.6. The second kappa shape index (κ2) is 7.03. The van der Waals surface area contributed by atoms with Crippen molar-refractivity contribution in [1.29, 1.82) is 0 Å². The fourth-order valence-corrected chi connectivity index (χ4v) is 9.52. The SMILES string of the molecule is CCOP(=O)(OCC)C(c1ccc(C)cc1)[Si](C)(C)C. The lowest BCUT2D eigenvalue weighted by Gasteiger charge is -2.34. The number of benzene rings is 1. The lowest BCUT2D eigenvalue weighted by atomic mass is 10.2. The first-order chi connectivity index (χ1) is 9.24. The summed E-state index contributed by atoms with van der Waals surface area (Å²) in [5.41, 5.74) is 2.27. The lowest BCUT2D eigenvalue weighted by Crippen LogP contribution is -2.32. The van der Waals surface area contributed by atoms with Crippen LogP contribution >= 0.6 is 7.60 Å². The predicted molar refractivity (Wildman–Crippen MR) is 88.1 cm³/mol. The largest absolute Gasteiger partial charge is 0.335 e. The van der Waals surface area contributed by atoms with Crippen molar-refractivity contribution < 1.29 is 13.6 Å². The van der Waals surface area contributed by atoms with Crippen LogP contribution in [0.3, 0.4) is 0 Å². The van der Waals surface area contributed by atoms with Gasteiger partial charge in [-0.25, -0.2) is 0 Å². The van der Waals surface area contributed by atoms with Crippen LogP contribution in [-0.4, -0.2) is 21.3 Å². The van der Waals surface area contributed by atoms with E-state index < -0.39 is 15.7 Å². The third-order valence-electron chi connectivity index (χ3n) is 3.15. The van der Waals surface area contributed by atoms with E-state index in [-0.39, 0.29) is 5.28 Å². The molecule has 0 saturated carbocycles. The smallest absolute Gasteiger partial charge is 0.309 e. The molecule has 0 N–H and O–H groups in total. The molecule has 1 aromatic rings. The van der Waals surface area contributed by atoms with E-state index in [0.29, 0.717) is 13.2 Å². The summed E-state index contributed by atoms with van der Waals surface area (Å²) in [7, 11) is -4.89. The average Bonchev–Trinajstić information content (AvgIpc) is 2.30. The summed E-state index contributed by atoms with van der Waals surface area (Å²) in [5, 5.41) is -0.129. The molecule has 3 nitrogen and oxygen atoms in total. The zero-order valence-corrected chi connectivity index (χ0v) is 15.4. The molecule has 0 saturated heterocycles. The molecule has 0 radical (unpaired) electrons. The zero-order chi connectivity index (χ0) is 15.4. The molecule has 0 bridgehead atoms. The van der Waals surface area contributed by atoms with Crippen LogP contribution < -0.4 is 0 Å². The first-order valence-electron chi connectivity index (χ1n) is 7.20. The van der Waals surface area contributed by atoms with Crippen LogP contribution in [0.5, 0.6) is 0 Å². The summed E-state index contributed by atoms with van der Waals surface area (Å²) in [6.07, 6.45) is 0. The molecule has 0 amide bonds. The van der Waals surface area contributed by atoms with Crippen molar-refractivity contribution in [3.8, 4) is 0 Å². The Hall–Kier alpha value is -0.413.